The minimum Gasteiger partial charge on any atom is -0.507 e. The first-order chi connectivity index (χ1) is 11.1. The van der Waals surface area contributed by atoms with Crippen LogP contribution in [0, 0.1) is 0 Å². The Hall–Kier alpha value is -2.73. The van der Waals surface area contributed by atoms with E-state index in [1.165, 1.54) is 12.4 Å². The van der Waals surface area contributed by atoms with Crippen LogP contribution < -0.4 is 5.43 Å². The number of hydrogen-bond acceptors (Lipinski definition) is 4. The van der Waals surface area contributed by atoms with Crippen molar-refractivity contribution in [2.24, 2.45) is 5.10 Å². The fourth-order valence-corrected chi connectivity index (χ4v) is 2.54. The number of phenols is 1. The highest BCUT2D eigenvalue weighted by molar-refractivity contribution is 9.10. The topological polar surface area (TPSA) is 74.6 Å². The van der Waals surface area contributed by atoms with E-state index in [-0.39, 0.29) is 11.7 Å². The Morgan fingerprint density at radius 2 is 2.04 bits per heavy atom. The molecule has 5 nitrogen and oxygen atoms in total. The second-order valence-electron chi connectivity index (χ2n) is 4.81. The lowest BCUT2D eigenvalue weighted by molar-refractivity contribution is 0.0954. The van der Waals surface area contributed by atoms with Crippen molar-refractivity contribution >= 4 is 38.8 Å². The fraction of sp³-hybridized carbons (Fsp3) is 0. The molecule has 0 bridgehead atoms. The summed E-state index contributed by atoms with van der Waals surface area (Å²) in [5, 5.41) is 15.8. The van der Waals surface area contributed by atoms with Crippen molar-refractivity contribution in [3.8, 4) is 5.75 Å². The maximum absolute atomic E-state index is 12.0. The summed E-state index contributed by atoms with van der Waals surface area (Å²) in [7, 11) is 0. The molecule has 2 aromatic carbocycles. The van der Waals surface area contributed by atoms with Crippen molar-refractivity contribution in [1.82, 2.24) is 10.4 Å². The average molecular weight is 370 g/mol. The third-order valence-corrected chi connectivity index (χ3v) is 3.71. The van der Waals surface area contributed by atoms with Crippen LogP contribution in [-0.4, -0.2) is 22.2 Å². The van der Waals surface area contributed by atoms with E-state index >= 15 is 0 Å². The SMILES string of the molecule is O=C(N/N=C/c1c(O)ccc2ccccc12)c1cncc(Br)c1. The monoisotopic (exact) mass is 369 g/mol. The molecule has 0 spiro atoms. The van der Waals surface area contributed by atoms with Gasteiger partial charge < -0.3 is 5.11 Å². The molecule has 1 heterocycles. The molecule has 0 aliphatic heterocycles. The van der Waals surface area contributed by atoms with E-state index in [0.29, 0.717) is 15.6 Å². The van der Waals surface area contributed by atoms with Crippen LogP contribution in [0.4, 0.5) is 0 Å². The lowest BCUT2D eigenvalue weighted by atomic mass is 10.0. The van der Waals surface area contributed by atoms with E-state index in [1.54, 1.807) is 18.3 Å². The van der Waals surface area contributed by atoms with Gasteiger partial charge in [0.25, 0.3) is 5.91 Å². The maximum atomic E-state index is 12.0. The average Bonchev–Trinajstić information content (AvgIpc) is 2.56. The van der Waals surface area contributed by atoms with E-state index < -0.39 is 0 Å². The standard InChI is InChI=1S/C17H12BrN3O2/c18-13-7-12(8-19-9-13)17(23)21-20-10-15-14-4-2-1-3-11(14)5-6-16(15)22/h1-10,22H,(H,21,23)/b20-10+. The normalized spacial score (nSPS) is 11.0. The van der Waals surface area contributed by atoms with Crippen molar-refractivity contribution in [3.05, 3.63) is 70.5 Å². The van der Waals surface area contributed by atoms with Gasteiger partial charge in [0, 0.05) is 22.4 Å². The van der Waals surface area contributed by atoms with Crippen LogP contribution in [0.3, 0.4) is 0 Å². The number of nitrogens with zero attached hydrogens (tertiary/aromatic N) is 2. The van der Waals surface area contributed by atoms with Gasteiger partial charge in [-0.2, -0.15) is 5.10 Å². The lowest BCUT2D eigenvalue weighted by Gasteiger charge is -2.05. The van der Waals surface area contributed by atoms with E-state index in [2.05, 4.69) is 31.4 Å². The number of carbonyl (C=O) groups excluding carboxylic acids is 1. The number of fused-ring (bicyclic) bond motifs is 1. The van der Waals surface area contributed by atoms with Crippen LogP contribution in [0.2, 0.25) is 0 Å². The largest absolute Gasteiger partial charge is 0.507 e. The smallest absolute Gasteiger partial charge is 0.272 e. The summed E-state index contributed by atoms with van der Waals surface area (Å²) in [6, 6.07) is 12.7. The highest BCUT2D eigenvalue weighted by atomic mass is 79.9. The molecule has 0 unspecified atom stereocenters. The minimum absolute atomic E-state index is 0.103. The summed E-state index contributed by atoms with van der Waals surface area (Å²) in [5.74, 6) is -0.277. The number of phenolic OH excluding ortho intramolecular Hbond substituents is 1. The molecular formula is C17H12BrN3O2. The van der Waals surface area contributed by atoms with Crippen LogP contribution in [0.1, 0.15) is 15.9 Å². The van der Waals surface area contributed by atoms with E-state index in [4.69, 9.17) is 0 Å². The number of rotatable bonds is 3. The highest BCUT2D eigenvalue weighted by Gasteiger charge is 2.06. The molecule has 0 saturated carbocycles. The summed E-state index contributed by atoms with van der Waals surface area (Å²) < 4.78 is 0.709. The second-order valence-corrected chi connectivity index (χ2v) is 5.73. The van der Waals surface area contributed by atoms with Gasteiger partial charge in [-0.15, -0.1) is 0 Å². The first-order valence-corrected chi connectivity index (χ1v) is 7.59. The van der Waals surface area contributed by atoms with Crippen LogP contribution in [0.25, 0.3) is 10.8 Å². The predicted octanol–water partition coefficient (Wildman–Crippen LogP) is 3.47. The molecule has 6 heteroatoms. The van der Waals surface area contributed by atoms with Crippen molar-refractivity contribution in [2.75, 3.05) is 0 Å². The Kier molecular flexibility index (Phi) is 4.34. The molecule has 114 valence electrons. The van der Waals surface area contributed by atoms with Crippen molar-refractivity contribution in [3.63, 3.8) is 0 Å². The van der Waals surface area contributed by atoms with Crippen molar-refractivity contribution in [2.45, 2.75) is 0 Å². The summed E-state index contributed by atoms with van der Waals surface area (Å²) in [5.41, 5.74) is 3.36. The Morgan fingerprint density at radius 3 is 2.87 bits per heavy atom. The molecule has 0 atom stereocenters. The lowest BCUT2D eigenvalue weighted by Crippen LogP contribution is -2.17. The first-order valence-electron chi connectivity index (χ1n) is 6.80. The van der Waals surface area contributed by atoms with E-state index in [1.807, 2.05) is 30.3 Å². The Morgan fingerprint density at radius 1 is 1.22 bits per heavy atom. The zero-order valence-corrected chi connectivity index (χ0v) is 13.5. The van der Waals surface area contributed by atoms with Crippen LogP contribution in [0.5, 0.6) is 5.75 Å². The Bertz CT molecular complexity index is 909. The first kappa shape index (κ1) is 15.2. The minimum atomic E-state index is -0.380. The number of amides is 1. The number of aromatic nitrogens is 1. The number of pyridine rings is 1. The number of hydrogen-bond donors (Lipinski definition) is 2. The van der Waals surface area contributed by atoms with Crippen molar-refractivity contribution < 1.29 is 9.90 Å². The second kappa shape index (κ2) is 6.58. The zero-order chi connectivity index (χ0) is 16.2. The Labute approximate surface area is 140 Å². The Balaban J connectivity index is 1.84. The molecule has 0 saturated heterocycles. The van der Waals surface area contributed by atoms with Crippen LogP contribution >= 0.6 is 15.9 Å². The van der Waals surface area contributed by atoms with Gasteiger partial charge in [-0.25, -0.2) is 5.43 Å². The zero-order valence-electron chi connectivity index (χ0n) is 11.9. The molecule has 0 aliphatic rings. The van der Waals surface area contributed by atoms with Gasteiger partial charge in [-0.05, 0) is 38.8 Å². The molecule has 0 radical (unpaired) electrons. The summed E-state index contributed by atoms with van der Waals surface area (Å²) in [4.78, 5) is 15.9. The molecule has 3 rings (SSSR count). The fourth-order valence-electron chi connectivity index (χ4n) is 2.18. The third kappa shape index (κ3) is 3.37. The molecule has 23 heavy (non-hydrogen) atoms. The molecule has 0 aliphatic carbocycles. The number of nitrogens with one attached hydrogen (secondary N) is 1. The summed E-state index contributed by atoms with van der Waals surface area (Å²) >= 11 is 3.26. The van der Waals surface area contributed by atoms with Gasteiger partial charge in [-0.1, -0.05) is 30.3 Å². The van der Waals surface area contributed by atoms with Crippen LogP contribution in [0.15, 0.2) is 64.4 Å². The number of aromatic hydroxyl groups is 1. The molecule has 1 aromatic heterocycles. The quantitative estimate of drug-likeness (QED) is 0.548. The summed E-state index contributed by atoms with van der Waals surface area (Å²) in [6.45, 7) is 0. The molecule has 0 fully saturated rings. The molecule has 3 aromatic rings. The molecule has 1 amide bonds. The summed E-state index contributed by atoms with van der Waals surface area (Å²) in [6.07, 6.45) is 4.47. The van der Waals surface area contributed by atoms with Crippen LogP contribution in [-0.2, 0) is 0 Å². The number of halogens is 1. The van der Waals surface area contributed by atoms with Gasteiger partial charge in [0.1, 0.15) is 5.75 Å². The number of hydrazone groups is 1. The molecular weight excluding hydrogens is 358 g/mol. The maximum Gasteiger partial charge on any atom is 0.272 e. The van der Waals surface area contributed by atoms with Gasteiger partial charge in [0.15, 0.2) is 0 Å². The van der Waals surface area contributed by atoms with Crippen molar-refractivity contribution in [1.29, 1.82) is 0 Å². The van der Waals surface area contributed by atoms with Gasteiger partial charge >= 0.3 is 0 Å². The number of carbonyl (C=O) groups is 1. The van der Waals surface area contributed by atoms with E-state index in [0.717, 1.165) is 10.8 Å². The van der Waals surface area contributed by atoms with Gasteiger partial charge in [0.2, 0.25) is 0 Å². The highest BCUT2D eigenvalue weighted by Crippen LogP contribution is 2.25. The predicted molar refractivity (Wildman–Crippen MR) is 92.6 cm³/mol. The number of benzene rings is 2. The van der Waals surface area contributed by atoms with Gasteiger partial charge in [0.05, 0.1) is 11.8 Å². The molecule has 2 N–H and O–H groups in total. The van der Waals surface area contributed by atoms with E-state index in [9.17, 15) is 9.90 Å². The third-order valence-electron chi connectivity index (χ3n) is 3.27. The van der Waals surface area contributed by atoms with Gasteiger partial charge in [-0.3, -0.25) is 9.78 Å².